The molecule has 2 aromatic rings. The van der Waals surface area contributed by atoms with Gasteiger partial charge in [-0.1, -0.05) is 12.1 Å². The number of carbonyl (C=O) groups excluding carboxylic acids is 1. The van der Waals surface area contributed by atoms with E-state index in [1.165, 1.54) is 18.2 Å². The summed E-state index contributed by atoms with van der Waals surface area (Å²) in [5, 5.41) is 8.66. The molecule has 0 saturated heterocycles. The molecule has 21 heavy (non-hydrogen) atoms. The number of rotatable bonds is 5. The van der Waals surface area contributed by atoms with Gasteiger partial charge in [-0.2, -0.15) is 5.26 Å². The van der Waals surface area contributed by atoms with Crippen molar-refractivity contribution in [3.63, 3.8) is 0 Å². The number of ether oxygens (including phenoxy) is 2. The van der Waals surface area contributed by atoms with Gasteiger partial charge in [-0.15, -0.1) is 0 Å². The molecular weight excluding hydrogens is 273 g/mol. The van der Waals surface area contributed by atoms with Gasteiger partial charge in [0, 0.05) is 0 Å². The Hall–Kier alpha value is -2.87. The van der Waals surface area contributed by atoms with E-state index in [9.17, 15) is 9.18 Å². The fraction of sp³-hybridized carbons (Fsp3) is 0.125. The van der Waals surface area contributed by atoms with Gasteiger partial charge in [0.25, 0.3) is 0 Å². The first-order chi connectivity index (χ1) is 10.2. The van der Waals surface area contributed by atoms with Crippen molar-refractivity contribution in [3.05, 3.63) is 65.5 Å². The zero-order valence-corrected chi connectivity index (χ0v) is 11.1. The average Bonchev–Trinajstić information content (AvgIpc) is 2.52. The molecule has 0 unspecified atom stereocenters. The van der Waals surface area contributed by atoms with Crippen LogP contribution in [0.15, 0.2) is 48.5 Å². The third kappa shape index (κ3) is 4.05. The minimum atomic E-state index is -0.725. The number of halogens is 1. The van der Waals surface area contributed by atoms with Crippen LogP contribution in [-0.2, 0) is 4.74 Å². The maximum atomic E-state index is 13.3. The van der Waals surface area contributed by atoms with Crippen LogP contribution in [-0.4, -0.2) is 19.2 Å². The lowest BCUT2D eigenvalue weighted by atomic mass is 10.2. The van der Waals surface area contributed by atoms with Crippen molar-refractivity contribution in [2.45, 2.75) is 0 Å². The molecule has 0 aromatic heterocycles. The van der Waals surface area contributed by atoms with Crippen LogP contribution >= 0.6 is 0 Å². The average molecular weight is 285 g/mol. The van der Waals surface area contributed by atoms with E-state index >= 15 is 0 Å². The number of benzene rings is 2. The van der Waals surface area contributed by atoms with Gasteiger partial charge in [0.2, 0.25) is 0 Å². The van der Waals surface area contributed by atoms with E-state index in [1.54, 1.807) is 30.3 Å². The number of esters is 1. The molecule has 0 bridgehead atoms. The van der Waals surface area contributed by atoms with Crippen molar-refractivity contribution in [1.29, 1.82) is 5.26 Å². The van der Waals surface area contributed by atoms with Gasteiger partial charge in [-0.3, -0.25) is 0 Å². The monoisotopic (exact) mass is 285 g/mol. The summed E-state index contributed by atoms with van der Waals surface area (Å²) in [5.74, 6) is -0.775. The normalized spacial score (nSPS) is 9.71. The molecule has 0 aliphatic rings. The van der Waals surface area contributed by atoms with Gasteiger partial charge >= 0.3 is 5.97 Å². The highest BCUT2D eigenvalue weighted by Gasteiger charge is 2.11. The first-order valence-electron chi connectivity index (χ1n) is 6.25. The standard InChI is InChI=1S/C16H12FNO3/c17-15-4-2-1-3-14(15)16(19)21-10-9-20-13-7-5-12(11-18)6-8-13/h1-8H,9-10H2. The second-order valence-electron chi connectivity index (χ2n) is 4.10. The summed E-state index contributed by atoms with van der Waals surface area (Å²) in [6.45, 7) is 0.152. The van der Waals surface area contributed by atoms with Crippen molar-refractivity contribution in [3.8, 4) is 11.8 Å². The van der Waals surface area contributed by atoms with Crippen LogP contribution in [0.5, 0.6) is 5.75 Å². The summed E-state index contributed by atoms with van der Waals surface area (Å²) in [6, 6.07) is 14.2. The Morgan fingerprint density at radius 3 is 2.48 bits per heavy atom. The first-order valence-corrected chi connectivity index (χ1v) is 6.25. The van der Waals surface area contributed by atoms with Gasteiger partial charge < -0.3 is 9.47 Å². The molecular formula is C16H12FNO3. The highest BCUT2D eigenvalue weighted by atomic mass is 19.1. The predicted molar refractivity (Wildman–Crippen MR) is 73.3 cm³/mol. The van der Waals surface area contributed by atoms with E-state index < -0.39 is 11.8 Å². The third-order valence-corrected chi connectivity index (χ3v) is 2.66. The largest absolute Gasteiger partial charge is 0.490 e. The third-order valence-electron chi connectivity index (χ3n) is 2.66. The second kappa shape index (κ2) is 7.06. The minimum absolute atomic E-state index is 0.00711. The maximum Gasteiger partial charge on any atom is 0.341 e. The molecule has 2 aromatic carbocycles. The molecule has 0 heterocycles. The molecule has 0 aliphatic heterocycles. The van der Waals surface area contributed by atoms with E-state index in [4.69, 9.17) is 14.7 Å². The molecule has 0 amide bonds. The predicted octanol–water partition coefficient (Wildman–Crippen LogP) is 2.93. The van der Waals surface area contributed by atoms with Crippen molar-refractivity contribution in [2.75, 3.05) is 13.2 Å². The second-order valence-corrected chi connectivity index (χ2v) is 4.10. The molecule has 2 rings (SSSR count). The smallest absolute Gasteiger partial charge is 0.341 e. The number of nitriles is 1. The number of hydrogen-bond donors (Lipinski definition) is 0. The Labute approximate surface area is 121 Å². The highest BCUT2D eigenvalue weighted by molar-refractivity contribution is 5.89. The molecule has 0 atom stereocenters. The van der Waals surface area contributed by atoms with Gasteiger partial charge in [0.05, 0.1) is 17.2 Å². The summed E-state index contributed by atoms with van der Waals surface area (Å²) in [6.07, 6.45) is 0. The summed E-state index contributed by atoms with van der Waals surface area (Å²) < 4.78 is 23.6. The molecule has 0 aliphatic carbocycles. The van der Waals surface area contributed by atoms with E-state index in [1.807, 2.05) is 6.07 Å². The van der Waals surface area contributed by atoms with Crippen LogP contribution in [0.2, 0.25) is 0 Å². The topological polar surface area (TPSA) is 59.3 Å². The molecule has 4 nitrogen and oxygen atoms in total. The number of hydrogen-bond acceptors (Lipinski definition) is 4. The van der Waals surface area contributed by atoms with Gasteiger partial charge in [-0.05, 0) is 36.4 Å². The number of carbonyl (C=O) groups is 1. The van der Waals surface area contributed by atoms with E-state index in [-0.39, 0.29) is 18.8 Å². The molecule has 0 saturated carbocycles. The van der Waals surface area contributed by atoms with Crippen molar-refractivity contribution < 1.29 is 18.7 Å². The van der Waals surface area contributed by atoms with Crippen LogP contribution in [0.1, 0.15) is 15.9 Å². The fourth-order valence-electron chi connectivity index (χ4n) is 1.62. The van der Waals surface area contributed by atoms with Gasteiger partial charge in [0.1, 0.15) is 24.8 Å². The maximum absolute atomic E-state index is 13.3. The fourth-order valence-corrected chi connectivity index (χ4v) is 1.62. The Kier molecular flexibility index (Phi) is 4.89. The lowest BCUT2D eigenvalue weighted by molar-refractivity contribution is 0.0445. The van der Waals surface area contributed by atoms with Crippen molar-refractivity contribution in [1.82, 2.24) is 0 Å². The number of nitrogens with zero attached hydrogens (tertiary/aromatic N) is 1. The van der Waals surface area contributed by atoms with E-state index in [0.717, 1.165) is 0 Å². The SMILES string of the molecule is N#Cc1ccc(OCCOC(=O)c2ccccc2F)cc1. The van der Waals surface area contributed by atoms with Crippen LogP contribution in [0.25, 0.3) is 0 Å². The lowest BCUT2D eigenvalue weighted by Gasteiger charge is -2.07. The van der Waals surface area contributed by atoms with Crippen LogP contribution in [0, 0.1) is 17.1 Å². The van der Waals surface area contributed by atoms with Crippen LogP contribution in [0.3, 0.4) is 0 Å². The van der Waals surface area contributed by atoms with E-state index in [0.29, 0.717) is 11.3 Å². The van der Waals surface area contributed by atoms with Gasteiger partial charge in [-0.25, -0.2) is 9.18 Å². The summed E-state index contributed by atoms with van der Waals surface area (Å²) in [7, 11) is 0. The molecule has 0 fully saturated rings. The Balaban J connectivity index is 1.78. The summed E-state index contributed by atoms with van der Waals surface area (Å²) in [4.78, 5) is 11.6. The Morgan fingerprint density at radius 1 is 1.10 bits per heavy atom. The Bertz CT molecular complexity index is 662. The van der Waals surface area contributed by atoms with Crippen molar-refractivity contribution in [2.24, 2.45) is 0 Å². The first kappa shape index (κ1) is 14.5. The highest BCUT2D eigenvalue weighted by Crippen LogP contribution is 2.11. The quantitative estimate of drug-likeness (QED) is 0.626. The molecule has 0 N–H and O–H groups in total. The zero-order valence-electron chi connectivity index (χ0n) is 11.1. The van der Waals surface area contributed by atoms with Crippen LogP contribution in [0.4, 0.5) is 4.39 Å². The lowest BCUT2D eigenvalue weighted by Crippen LogP contribution is -2.13. The molecule has 106 valence electrons. The minimum Gasteiger partial charge on any atom is -0.490 e. The van der Waals surface area contributed by atoms with Gasteiger partial charge in [0.15, 0.2) is 0 Å². The Morgan fingerprint density at radius 2 is 1.81 bits per heavy atom. The summed E-state index contributed by atoms with van der Waals surface area (Å²) in [5.41, 5.74) is 0.434. The van der Waals surface area contributed by atoms with Crippen LogP contribution < -0.4 is 4.74 Å². The van der Waals surface area contributed by atoms with E-state index in [2.05, 4.69) is 0 Å². The molecule has 0 radical (unpaired) electrons. The molecule has 0 spiro atoms. The van der Waals surface area contributed by atoms with Crippen molar-refractivity contribution >= 4 is 5.97 Å². The summed E-state index contributed by atoms with van der Waals surface area (Å²) >= 11 is 0. The molecule has 5 heteroatoms. The zero-order chi connectivity index (χ0) is 15.1.